The summed E-state index contributed by atoms with van der Waals surface area (Å²) in [4.78, 5) is 20.0. The molecule has 0 unspecified atom stereocenters. The van der Waals surface area contributed by atoms with Crippen LogP contribution in [0.25, 0.3) is 22.2 Å². The highest BCUT2D eigenvalue weighted by Gasteiger charge is 2.15. The van der Waals surface area contributed by atoms with E-state index in [2.05, 4.69) is 5.32 Å². The lowest BCUT2D eigenvalue weighted by molar-refractivity contribution is 0.102. The van der Waals surface area contributed by atoms with Crippen LogP contribution in [-0.2, 0) is 0 Å². The first-order valence-corrected chi connectivity index (χ1v) is 10.2. The van der Waals surface area contributed by atoms with Crippen LogP contribution in [0.5, 0.6) is 11.5 Å². The number of methoxy groups -OCH3 is 2. The van der Waals surface area contributed by atoms with Crippen LogP contribution in [0.4, 0.5) is 11.4 Å². The third-order valence-electron chi connectivity index (χ3n) is 5.28. The molecule has 0 radical (unpaired) electrons. The van der Waals surface area contributed by atoms with Gasteiger partial charge in [0.15, 0.2) is 11.5 Å². The molecule has 3 aromatic carbocycles. The average molecular weight is 428 g/mol. The second-order valence-electron chi connectivity index (χ2n) is 7.54. The zero-order chi connectivity index (χ0) is 22.7. The molecule has 6 heteroatoms. The number of hydrogen-bond donors (Lipinski definition) is 1. The molecule has 162 valence electrons. The largest absolute Gasteiger partial charge is 0.493 e. The summed E-state index contributed by atoms with van der Waals surface area (Å²) >= 11 is 0. The Balaban J connectivity index is 1.75. The lowest BCUT2D eigenvalue weighted by Gasteiger charge is -2.14. The van der Waals surface area contributed by atoms with Crippen LogP contribution in [0.15, 0.2) is 72.8 Å². The predicted octanol–water partition coefficient (Wildman–Crippen LogP) is 5.24. The zero-order valence-electron chi connectivity index (χ0n) is 18.5. The number of ether oxygens (including phenoxy) is 2. The van der Waals surface area contributed by atoms with Gasteiger partial charge in [-0.3, -0.25) is 4.79 Å². The number of para-hydroxylation sites is 1. The summed E-state index contributed by atoms with van der Waals surface area (Å²) in [5.74, 6) is 1.05. The minimum absolute atomic E-state index is 0.192. The molecule has 4 aromatic rings. The molecule has 0 aliphatic rings. The van der Waals surface area contributed by atoms with Gasteiger partial charge in [-0.05, 0) is 54.6 Å². The Bertz CT molecular complexity index is 1270. The van der Waals surface area contributed by atoms with Gasteiger partial charge in [0.25, 0.3) is 5.91 Å². The van der Waals surface area contributed by atoms with Crippen molar-refractivity contribution in [1.29, 1.82) is 0 Å². The van der Waals surface area contributed by atoms with Crippen LogP contribution in [0.2, 0.25) is 0 Å². The standard InChI is InChI=1S/C26H25N3O3/c1-29(2)19-12-10-18(11-13-19)27-26(30)21-16-23(28-22-8-6-5-7-20(21)22)17-9-14-24(31-3)25(15-17)32-4/h5-16H,1-4H3,(H,27,30). The Labute approximate surface area is 187 Å². The monoisotopic (exact) mass is 427 g/mol. The first-order valence-electron chi connectivity index (χ1n) is 10.2. The molecule has 32 heavy (non-hydrogen) atoms. The lowest BCUT2D eigenvalue weighted by atomic mass is 10.0. The van der Waals surface area contributed by atoms with Gasteiger partial charge in [-0.2, -0.15) is 0 Å². The maximum Gasteiger partial charge on any atom is 0.256 e. The molecule has 0 atom stereocenters. The van der Waals surface area contributed by atoms with E-state index in [1.54, 1.807) is 14.2 Å². The smallest absolute Gasteiger partial charge is 0.256 e. The molecule has 0 bridgehead atoms. The van der Waals surface area contributed by atoms with E-state index in [0.29, 0.717) is 22.8 Å². The van der Waals surface area contributed by atoms with Gasteiger partial charge < -0.3 is 19.7 Å². The number of rotatable bonds is 6. The number of anilines is 2. The fourth-order valence-electron chi connectivity index (χ4n) is 3.55. The molecule has 1 aromatic heterocycles. The number of nitrogens with zero attached hydrogens (tertiary/aromatic N) is 2. The van der Waals surface area contributed by atoms with Crippen LogP contribution in [0.3, 0.4) is 0 Å². The Morgan fingerprint density at radius 3 is 2.28 bits per heavy atom. The van der Waals surface area contributed by atoms with Crippen molar-refractivity contribution in [3.8, 4) is 22.8 Å². The van der Waals surface area contributed by atoms with Gasteiger partial charge in [0.05, 0.1) is 31.0 Å². The van der Waals surface area contributed by atoms with Crippen LogP contribution in [0.1, 0.15) is 10.4 Å². The van der Waals surface area contributed by atoms with E-state index < -0.39 is 0 Å². The average Bonchev–Trinajstić information content (AvgIpc) is 2.83. The molecule has 0 aliphatic carbocycles. The van der Waals surface area contributed by atoms with Crippen LogP contribution in [0, 0.1) is 0 Å². The normalized spacial score (nSPS) is 10.6. The van der Waals surface area contributed by atoms with Crippen molar-refractivity contribution in [3.05, 3.63) is 78.4 Å². The van der Waals surface area contributed by atoms with Crippen molar-refractivity contribution < 1.29 is 14.3 Å². The Morgan fingerprint density at radius 1 is 0.875 bits per heavy atom. The SMILES string of the molecule is COc1ccc(-c2cc(C(=O)Nc3ccc(N(C)C)cc3)c3ccccc3n2)cc1OC. The number of hydrogen-bond acceptors (Lipinski definition) is 5. The zero-order valence-corrected chi connectivity index (χ0v) is 18.5. The van der Waals surface area contributed by atoms with Gasteiger partial charge in [-0.15, -0.1) is 0 Å². The highest BCUT2D eigenvalue weighted by molar-refractivity contribution is 6.13. The first kappa shape index (κ1) is 21.2. The number of nitrogens with one attached hydrogen (secondary N) is 1. The van der Waals surface area contributed by atoms with E-state index in [9.17, 15) is 4.79 Å². The predicted molar refractivity (Wildman–Crippen MR) is 129 cm³/mol. The quantitative estimate of drug-likeness (QED) is 0.456. The molecule has 4 rings (SSSR count). The van der Waals surface area contributed by atoms with Gasteiger partial charge in [0, 0.05) is 36.4 Å². The molecule has 0 aliphatic heterocycles. The van der Waals surface area contributed by atoms with Gasteiger partial charge in [0.2, 0.25) is 0 Å². The third kappa shape index (κ3) is 4.21. The fourth-order valence-corrected chi connectivity index (χ4v) is 3.55. The number of benzene rings is 3. The molecule has 6 nitrogen and oxygen atoms in total. The molecule has 1 N–H and O–H groups in total. The summed E-state index contributed by atoms with van der Waals surface area (Å²) in [6.45, 7) is 0. The van der Waals surface area contributed by atoms with E-state index in [-0.39, 0.29) is 5.91 Å². The summed E-state index contributed by atoms with van der Waals surface area (Å²) in [6, 6.07) is 22.8. The molecule has 0 fully saturated rings. The number of pyridine rings is 1. The summed E-state index contributed by atoms with van der Waals surface area (Å²) in [6.07, 6.45) is 0. The summed E-state index contributed by atoms with van der Waals surface area (Å²) in [5, 5.41) is 3.80. The van der Waals surface area contributed by atoms with Crippen molar-refractivity contribution >= 4 is 28.2 Å². The number of carbonyl (C=O) groups excluding carboxylic acids is 1. The Kier molecular flexibility index (Phi) is 5.94. The van der Waals surface area contributed by atoms with Crippen molar-refractivity contribution in [2.24, 2.45) is 0 Å². The van der Waals surface area contributed by atoms with Crippen molar-refractivity contribution in [2.45, 2.75) is 0 Å². The van der Waals surface area contributed by atoms with Crippen LogP contribution < -0.4 is 19.7 Å². The number of aromatic nitrogens is 1. The van der Waals surface area contributed by atoms with Gasteiger partial charge in [0.1, 0.15) is 0 Å². The van der Waals surface area contributed by atoms with Crippen molar-refractivity contribution in [1.82, 2.24) is 4.98 Å². The van der Waals surface area contributed by atoms with Gasteiger partial charge >= 0.3 is 0 Å². The van der Waals surface area contributed by atoms with E-state index in [1.165, 1.54) is 0 Å². The van der Waals surface area contributed by atoms with Gasteiger partial charge in [-0.25, -0.2) is 4.98 Å². The molecule has 0 spiro atoms. The van der Waals surface area contributed by atoms with E-state index in [1.807, 2.05) is 91.8 Å². The lowest BCUT2D eigenvalue weighted by Crippen LogP contribution is -2.13. The van der Waals surface area contributed by atoms with Crippen LogP contribution >= 0.6 is 0 Å². The van der Waals surface area contributed by atoms with Gasteiger partial charge in [-0.1, -0.05) is 18.2 Å². The van der Waals surface area contributed by atoms with E-state index >= 15 is 0 Å². The number of fused-ring (bicyclic) bond motifs is 1. The second-order valence-corrected chi connectivity index (χ2v) is 7.54. The Morgan fingerprint density at radius 2 is 1.59 bits per heavy atom. The van der Waals surface area contributed by atoms with E-state index in [0.717, 1.165) is 27.8 Å². The summed E-state index contributed by atoms with van der Waals surface area (Å²) in [7, 11) is 7.15. The molecular weight excluding hydrogens is 402 g/mol. The summed E-state index contributed by atoms with van der Waals surface area (Å²) < 4.78 is 10.8. The summed E-state index contributed by atoms with van der Waals surface area (Å²) in [5.41, 5.74) is 4.60. The third-order valence-corrected chi connectivity index (χ3v) is 5.28. The minimum Gasteiger partial charge on any atom is -0.493 e. The molecular formula is C26H25N3O3. The minimum atomic E-state index is -0.192. The van der Waals surface area contributed by atoms with Crippen LogP contribution in [-0.4, -0.2) is 39.2 Å². The molecule has 0 saturated heterocycles. The Hall–Kier alpha value is -4.06. The van der Waals surface area contributed by atoms with Crippen molar-refractivity contribution in [2.75, 3.05) is 38.5 Å². The first-order chi connectivity index (χ1) is 15.5. The number of carbonyl (C=O) groups is 1. The number of amides is 1. The van der Waals surface area contributed by atoms with E-state index in [4.69, 9.17) is 14.5 Å². The highest BCUT2D eigenvalue weighted by Crippen LogP contribution is 2.33. The topological polar surface area (TPSA) is 63.7 Å². The molecule has 1 amide bonds. The highest BCUT2D eigenvalue weighted by atomic mass is 16.5. The maximum absolute atomic E-state index is 13.3. The fraction of sp³-hybridized carbons (Fsp3) is 0.154. The maximum atomic E-state index is 13.3. The molecule has 0 saturated carbocycles. The molecule has 1 heterocycles. The second kappa shape index (κ2) is 8.98. The van der Waals surface area contributed by atoms with Crippen molar-refractivity contribution in [3.63, 3.8) is 0 Å².